The summed E-state index contributed by atoms with van der Waals surface area (Å²) in [6.45, 7) is 1.62. The Balaban J connectivity index is 2.28. The minimum Gasteiger partial charge on any atom is -0.508 e. The molecule has 0 unspecified atom stereocenters. The summed E-state index contributed by atoms with van der Waals surface area (Å²) < 4.78 is 5.77. The van der Waals surface area contributed by atoms with E-state index in [1.807, 2.05) is 18.2 Å². The van der Waals surface area contributed by atoms with E-state index in [1.54, 1.807) is 31.2 Å². The predicted octanol–water partition coefficient (Wildman–Crippen LogP) is 2.39. The Labute approximate surface area is 133 Å². The lowest BCUT2D eigenvalue weighted by molar-refractivity contribution is -0.114. The summed E-state index contributed by atoms with van der Waals surface area (Å²) in [6, 6.07) is 13.6. The molecular weight excluding hydrogens is 294 g/mol. The number of ether oxygens (including phenoxy) is 1. The molecule has 0 aliphatic carbocycles. The van der Waals surface area contributed by atoms with Crippen LogP contribution in [0.1, 0.15) is 12.5 Å². The van der Waals surface area contributed by atoms with Crippen LogP contribution < -0.4 is 16.2 Å². The maximum atomic E-state index is 11.8. The second-order valence-corrected chi connectivity index (χ2v) is 4.80. The van der Waals surface area contributed by atoms with Gasteiger partial charge in [0.15, 0.2) is 5.96 Å². The maximum Gasteiger partial charge on any atom is 0.275 e. The van der Waals surface area contributed by atoms with E-state index in [-0.39, 0.29) is 11.7 Å². The largest absolute Gasteiger partial charge is 0.508 e. The predicted molar refractivity (Wildman–Crippen MR) is 89.1 cm³/mol. The fourth-order valence-corrected chi connectivity index (χ4v) is 1.83. The van der Waals surface area contributed by atoms with Crippen molar-refractivity contribution in [3.63, 3.8) is 0 Å². The van der Waals surface area contributed by atoms with Crippen molar-refractivity contribution in [3.8, 4) is 17.2 Å². The van der Waals surface area contributed by atoms with Crippen LogP contribution in [0, 0.1) is 0 Å². The summed E-state index contributed by atoms with van der Waals surface area (Å²) in [5.74, 6) is 0.497. The minimum atomic E-state index is -0.510. The Morgan fingerprint density at radius 3 is 2.43 bits per heavy atom. The van der Waals surface area contributed by atoms with Gasteiger partial charge in [0.25, 0.3) is 5.91 Å². The smallest absolute Gasteiger partial charge is 0.275 e. The first-order chi connectivity index (χ1) is 11.0. The quantitative estimate of drug-likeness (QED) is 0.456. The number of phenolic OH excluding ortho intramolecular Hbond substituents is 1. The van der Waals surface area contributed by atoms with Gasteiger partial charge in [-0.05, 0) is 43.3 Å². The lowest BCUT2D eigenvalue weighted by atomic mass is 10.1. The Morgan fingerprint density at radius 2 is 1.78 bits per heavy atom. The summed E-state index contributed by atoms with van der Waals surface area (Å²) in [6.07, 6.45) is 1.64. The number of rotatable bonds is 4. The van der Waals surface area contributed by atoms with Crippen LogP contribution in [0.15, 0.2) is 59.1 Å². The number of amides is 1. The van der Waals surface area contributed by atoms with Gasteiger partial charge < -0.3 is 21.3 Å². The van der Waals surface area contributed by atoms with E-state index in [4.69, 9.17) is 16.2 Å². The number of phenols is 1. The Hall–Kier alpha value is -3.28. The highest BCUT2D eigenvalue weighted by molar-refractivity contribution is 6.03. The zero-order valence-corrected chi connectivity index (χ0v) is 12.6. The van der Waals surface area contributed by atoms with Crippen molar-refractivity contribution in [3.05, 3.63) is 59.7 Å². The van der Waals surface area contributed by atoms with Crippen molar-refractivity contribution in [1.82, 2.24) is 0 Å². The van der Waals surface area contributed by atoms with Crippen LogP contribution in [-0.2, 0) is 4.79 Å². The molecule has 23 heavy (non-hydrogen) atoms. The van der Waals surface area contributed by atoms with E-state index in [0.29, 0.717) is 22.6 Å². The molecule has 0 spiro atoms. The van der Waals surface area contributed by atoms with E-state index in [2.05, 4.69) is 4.99 Å². The topological polar surface area (TPSA) is 111 Å². The number of hydrogen-bond donors (Lipinski definition) is 3. The third-order valence-corrected chi connectivity index (χ3v) is 2.92. The lowest BCUT2D eigenvalue weighted by Crippen LogP contribution is -2.24. The van der Waals surface area contributed by atoms with Gasteiger partial charge in [0.05, 0.1) is 0 Å². The molecule has 1 amide bonds. The highest BCUT2D eigenvalue weighted by atomic mass is 16.5. The fraction of sp³-hybridized carbons (Fsp3) is 0.0588. The van der Waals surface area contributed by atoms with Crippen molar-refractivity contribution in [2.24, 2.45) is 16.5 Å². The van der Waals surface area contributed by atoms with Crippen LogP contribution in [-0.4, -0.2) is 17.0 Å². The van der Waals surface area contributed by atoms with Gasteiger partial charge in [-0.3, -0.25) is 4.79 Å². The Morgan fingerprint density at radius 1 is 1.13 bits per heavy atom. The molecule has 6 heteroatoms. The van der Waals surface area contributed by atoms with Gasteiger partial charge in [-0.25, -0.2) is 0 Å². The standard InChI is InChI=1S/C17H17N3O3/c1-11(16(22)20-17(18)19)10-12-4-2-3-5-15(12)23-14-8-6-13(21)7-9-14/h2-10,21H,1H3,(H4,18,19,20,22). The number of para-hydroxylation sites is 1. The van der Waals surface area contributed by atoms with Gasteiger partial charge >= 0.3 is 0 Å². The normalized spacial score (nSPS) is 10.9. The van der Waals surface area contributed by atoms with Crippen LogP contribution in [0.2, 0.25) is 0 Å². The van der Waals surface area contributed by atoms with Gasteiger partial charge in [-0.15, -0.1) is 0 Å². The monoisotopic (exact) mass is 311 g/mol. The van der Waals surface area contributed by atoms with Gasteiger partial charge in [-0.1, -0.05) is 18.2 Å². The average Bonchev–Trinajstić information content (AvgIpc) is 2.50. The fourth-order valence-electron chi connectivity index (χ4n) is 1.83. The molecular formula is C17H17N3O3. The van der Waals surface area contributed by atoms with Crippen LogP contribution in [0.4, 0.5) is 0 Å². The second kappa shape index (κ2) is 7.13. The second-order valence-electron chi connectivity index (χ2n) is 4.80. The number of carbonyl (C=O) groups excluding carboxylic acids is 1. The van der Waals surface area contributed by atoms with Crippen molar-refractivity contribution >= 4 is 17.9 Å². The molecule has 0 aliphatic rings. The Kier molecular flexibility index (Phi) is 4.99. The third-order valence-electron chi connectivity index (χ3n) is 2.92. The summed E-state index contributed by atoms with van der Waals surface area (Å²) in [7, 11) is 0. The van der Waals surface area contributed by atoms with Crippen LogP contribution in [0.5, 0.6) is 17.2 Å². The lowest BCUT2D eigenvalue weighted by Gasteiger charge is -2.09. The first kappa shape index (κ1) is 16.1. The van der Waals surface area contributed by atoms with Crippen LogP contribution in [0.3, 0.4) is 0 Å². The summed E-state index contributed by atoms with van der Waals surface area (Å²) in [5, 5.41) is 9.29. The number of guanidine groups is 1. The molecule has 118 valence electrons. The molecule has 0 aromatic heterocycles. The van der Waals surface area contributed by atoms with E-state index in [9.17, 15) is 9.90 Å². The molecule has 6 nitrogen and oxygen atoms in total. The molecule has 0 radical (unpaired) electrons. The summed E-state index contributed by atoms with van der Waals surface area (Å²) >= 11 is 0. The van der Waals surface area contributed by atoms with Crippen molar-refractivity contribution in [1.29, 1.82) is 0 Å². The SMILES string of the molecule is CC(=Cc1ccccc1Oc1ccc(O)cc1)C(=O)N=C(N)N. The molecule has 0 aliphatic heterocycles. The molecule has 5 N–H and O–H groups in total. The van der Waals surface area contributed by atoms with Crippen molar-refractivity contribution in [2.75, 3.05) is 0 Å². The molecule has 0 saturated heterocycles. The summed E-state index contributed by atoms with van der Waals surface area (Å²) in [5.41, 5.74) is 11.5. The number of aromatic hydroxyl groups is 1. The molecule has 0 atom stereocenters. The highest BCUT2D eigenvalue weighted by Crippen LogP contribution is 2.28. The number of nitrogens with two attached hydrogens (primary N) is 2. The number of aliphatic imine (C=N–C) groups is 1. The molecule has 2 aromatic rings. The van der Waals surface area contributed by atoms with E-state index < -0.39 is 5.91 Å². The van der Waals surface area contributed by atoms with Crippen molar-refractivity contribution < 1.29 is 14.6 Å². The molecule has 0 bridgehead atoms. The molecule has 0 heterocycles. The zero-order valence-electron chi connectivity index (χ0n) is 12.6. The highest BCUT2D eigenvalue weighted by Gasteiger charge is 2.07. The summed E-state index contributed by atoms with van der Waals surface area (Å²) in [4.78, 5) is 15.3. The number of nitrogens with zero attached hydrogens (tertiary/aromatic N) is 1. The molecule has 0 saturated carbocycles. The first-order valence-electron chi connectivity index (χ1n) is 6.84. The van der Waals surface area contributed by atoms with E-state index >= 15 is 0 Å². The Bertz CT molecular complexity index is 761. The number of benzene rings is 2. The van der Waals surface area contributed by atoms with Gasteiger partial charge in [0, 0.05) is 11.1 Å². The first-order valence-corrected chi connectivity index (χ1v) is 6.84. The van der Waals surface area contributed by atoms with Gasteiger partial charge in [-0.2, -0.15) is 4.99 Å². The van der Waals surface area contributed by atoms with E-state index in [1.165, 1.54) is 12.1 Å². The van der Waals surface area contributed by atoms with Gasteiger partial charge in [0.1, 0.15) is 17.2 Å². The third kappa shape index (κ3) is 4.60. The number of hydrogen-bond acceptors (Lipinski definition) is 3. The minimum absolute atomic E-state index is 0.157. The maximum absolute atomic E-state index is 11.8. The van der Waals surface area contributed by atoms with Crippen LogP contribution in [0.25, 0.3) is 6.08 Å². The van der Waals surface area contributed by atoms with Gasteiger partial charge in [0.2, 0.25) is 0 Å². The molecule has 0 fully saturated rings. The number of carbonyl (C=O) groups is 1. The van der Waals surface area contributed by atoms with Crippen LogP contribution >= 0.6 is 0 Å². The molecule has 2 rings (SSSR count). The molecule has 2 aromatic carbocycles. The average molecular weight is 311 g/mol. The zero-order chi connectivity index (χ0) is 16.8. The van der Waals surface area contributed by atoms with E-state index in [0.717, 1.165) is 0 Å². The van der Waals surface area contributed by atoms with Crippen molar-refractivity contribution in [2.45, 2.75) is 6.92 Å².